The summed E-state index contributed by atoms with van der Waals surface area (Å²) in [6.45, 7) is 8.33. The minimum Gasteiger partial charge on any atom is -0.496 e. The molecule has 1 fully saturated rings. The van der Waals surface area contributed by atoms with E-state index in [2.05, 4.69) is 38.2 Å². The van der Waals surface area contributed by atoms with Gasteiger partial charge in [-0.15, -0.1) is 0 Å². The molecule has 1 saturated heterocycles. The average molecular weight is 291 g/mol. The van der Waals surface area contributed by atoms with Gasteiger partial charge in [-0.3, -0.25) is 0 Å². The Morgan fingerprint density at radius 3 is 2.81 bits per heavy atom. The second kappa shape index (κ2) is 7.81. The van der Waals surface area contributed by atoms with Gasteiger partial charge in [-0.05, 0) is 57.2 Å². The lowest BCUT2D eigenvalue weighted by atomic mass is 9.95. The summed E-state index contributed by atoms with van der Waals surface area (Å²) in [7, 11) is 1.77. The minimum atomic E-state index is 0.341. The third-order valence-corrected chi connectivity index (χ3v) is 4.54. The Labute approximate surface area is 129 Å². The highest BCUT2D eigenvalue weighted by Gasteiger charge is 2.21. The molecule has 1 N–H and O–H groups in total. The molecule has 0 saturated carbocycles. The number of benzene rings is 1. The molecule has 2 rings (SSSR count). The summed E-state index contributed by atoms with van der Waals surface area (Å²) in [4.78, 5) is 0. The van der Waals surface area contributed by atoms with Crippen LogP contribution in [0.25, 0.3) is 0 Å². The van der Waals surface area contributed by atoms with E-state index in [-0.39, 0.29) is 0 Å². The van der Waals surface area contributed by atoms with Crippen LogP contribution in [0.1, 0.15) is 55.3 Å². The van der Waals surface area contributed by atoms with E-state index < -0.39 is 0 Å². The maximum absolute atomic E-state index is 5.76. The molecule has 0 radical (unpaired) electrons. The highest BCUT2D eigenvalue weighted by atomic mass is 16.5. The monoisotopic (exact) mass is 291 g/mol. The summed E-state index contributed by atoms with van der Waals surface area (Å²) in [5.41, 5.74) is 3.81. The van der Waals surface area contributed by atoms with Gasteiger partial charge in [0, 0.05) is 18.2 Å². The fourth-order valence-corrected chi connectivity index (χ4v) is 3.19. The summed E-state index contributed by atoms with van der Waals surface area (Å²) in [5, 5.41) is 3.61. The Kier molecular flexibility index (Phi) is 6.07. The Morgan fingerprint density at radius 2 is 2.19 bits per heavy atom. The third-order valence-electron chi connectivity index (χ3n) is 4.54. The van der Waals surface area contributed by atoms with Gasteiger partial charge >= 0.3 is 0 Å². The van der Waals surface area contributed by atoms with Crippen molar-refractivity contribution in [3.63, 3.8) is 0 Å². The summed E-state index contributed by atoms with van der Waals surface area (Å²) in [5.74, 6) is 1.04. The van der Waals surface area contributed by atoms with Crippen LogP contribution < -0.4 is 10.1 Å². The predicted molar refractivity (Wildman–Crippen MR) is 87.1 cm³/mol. The van der Waals surface area contributed by atoms with Crippen molar-refractivity contribution in [1.82, 2.24) is 5.32 Å². The van der Waals surface area contributed by atoms with Crippen molar-refractivity contribution in [3.05, 3.63) is 28.8 Å². The average Bonchev–Trinajstić information content (AvgIpc) is 2.99. The van der Waals surface area contributed by atoms with Crippen LogP contribution in [0.3, 0.4) is 0 Å². The first-order chi connectivity index (χ1) is 10.2. The Morgan fingerprint density at radius 1 is 1.38 bits per heavy atom. The first kappa shape index (κ1) is 16.3. The molecule has 0 amide bonds. The molecular formula is C18H29NO2. The molecule has 1 aromatic rings. The predicted octanol–water partition coefficient (Wildman–Crippen LogP) is 3.92. The molecule has 0 aromatic heterocycles. The second-order valence-electron chi connectivity index (χ2n) is 5.95. The van der Waals surface area contributed by atoms with E-state index in [0.717, 1.165) is 31.7 Å². The fraction of sp³-hybridized carbons (Fsp3) is 0.667. The minimum absolute atomic E-state index is 0.341. The molecule has 1 heterocycles. The first-order valence-electron chi connectivity index (χ1n) is 8.16. The maximum Gasteiger partial charge on any atom is 0.126 e. The summed E-state index contributed by atoms with van der Waals surface area (Å²) in [6, 6.07) is 4.75. The molecule has 1 aliphatic rings. The lowest BCUT2D eigenvalue weighted by molar-refractivity contribution is 0.0995. The molecule has 0 aliphatic carbocycles. The van der Waals surface area contributed by atoms with Crippen molar-refractivity contribution in [2.45, 2.75) is 58.6 Å². The van der Waals surface area contributed by atoms with Gasteiger partial charge < -0.3 is 14.8 Å². The van der Waals surface area contributed by atoms with Crippen LogP contribution in [0.15, 0.2) is 12.1 Å². The van der Waals surface area contributed by atoms with Crippen molar-refractivity contribution in [3.8, 4) is 5.75 Å². The molecule has 0 spiro atoms. The topological polar surface area (TPSA) is 30.5 Å². The number of ether oxygens (including phenoxy) is 2. The Balaban J connectivity index is 2.14. The number of methoxy groups -OCH3 is 1. The number of rotatable bonds is 7. The quantitative estimate of drug-likeness (QED) is 0.826. The molecule has 3 nitrogen and oxygen atoms in total. The molecule has 3 heteroatoms. The van der Waals surface area contributed by atoms with Crippen LogP contribution in [0.5, 0.6) is 5.75 Å². The summed E-state index contributed by atoms with van der Waals surface area (Å²) >= 11 is 0. The molecule has 2 atom stereocenters. The van der Waals surface area contributed by atoms with Crippen LogP contribution in [-0.4, -0.2) is 26.4 Å². The molecule has 1 aliphatic heterocycles. The molecule has 21 heavy (non-hydrogen) atoms. The van der Waals surface area contributed by atoms with Crippen LogP contribution in [0.4, 0.5) is 0 Å². The maximum atomic E-state index is 5.76. The normalized spacial score (nSPS) is 19.7. The van der Waals surface area contributed by atoms with Gasteiger partial charge in [0.05, 0.1) is 13.2 Å². The lowest BCUT2D eigenvalue weighted by Gasteiger charge is -2.23. The summed E-state index contributed by atoms with van der Waals surface area (Å²) in [6.07, 6.45) is 5.08. The number of hydrogen-bond donors (Lipinski definition) is 1. The molecule has 0 bridgehead atoms. The molecule has 1 aromatic carbocycles. The van der Waals surface area contributed by atoms with E-state index in [4.69, 9.17) is 9.47 Å². The van der Waals surface area contributed by atoms with E-state index >= 15 is 0 Å². The number of aryl methyl sites for hydroxylation is 1. The SMILES string of the molecule is CCNC(CCC1CCCO1)c1ccc(C)c(C)c1OC. The Bertz CT molecular complexity index is 453. The van der Waals surface area contributed by atoms with Gasteiger partial charge in [-0.1, -0.05) is 19.1 Å². The van der Waals surface area contributed by atoms with Gasteiger partial charge in [-0.25, -0.2) is 0 Å². The third kappa shape index (κ3) is 3.98. The van der Waals surface area contributed by atoms with E-state index in [9.17, 15) is 0 Å². The van der Waals surface area contributed by atoms with Crippen molar-refractivity contribution in [1.29, 1.82) is 0 Å². The van der Waals surface area contributed by atoms with Gasteiger partial charge in [0.25, 0.3) is 0 Å². The van der Waals surface area contributed by atoms with Gasteiger partial charge in [0.1, 0.15) is 5.75 Å². The second-order valence-corrected chi connectivity index (χ2v) is 5.95. The first-order valence-corrected chi connectivity index (χ1v) is 8.16. The fourth-order valence-electron chi connectivity index (χ4n) is 3.19. The Hall–Kier alpha value is -1.06. The molecule has 2 unspecified atom stereocenters. The van der Waals surface area contributed by atoms with Crippen molar-refractivity contribution in [2.75, 3.05) is 20.3 Å². The van der Waals surface area contributed by atoms with Crippen molar-refractivity contribution in [2.24, 2.45) is 0 Å². The van der Waals surface area contributed by atoms with E-state index in [1.54, 1.807) is 7.11 Å². The van der Waals surface area contributed by atoms with E-state index in [1.165, 1.54) is 29.5 Å². The van der Waals surface area contributed by atoms with Crippen LogP contribution in [0.2, 0.25) is 0 Å². The van der Waals surface area contributed by atoms with Crippen molar-refractivity contribution >= 4 is 0 Å². The standard InChI is InChI=1S/C18H29NO2/c1-5-19-17(11-9-15-7-6-12-21-15)16-10-8-13(2)14(3)18(16)20-4/h8,10,15,17,19H,5-7,9,11-12H2,1-4H3. The van der Waals surface area contributed by atoms with Crippen LogP contribution in [-0.2, 0) is 4.74 Å². The zero-order chi connectivity index (χ0) is 15.2. The zero-order valence-electron chi connectivity index (χ0n) is 13.9. The summed E-state index contributed by atoms with van der Waals surface area (Å²) < 4.78 is 11.4. The van der Waals surface area contributed by atoms with Gasteiger partial charge in [0.15, 0.2) is 0 Å². The zero-order valence-corrected chi connectivity index (χ0v) is 13.9. The van der Waals surface area contributed by atoms with E-state index in [0.29, 0.717) is 12.1 Å². The molecular weight excluding hydrogens is 262 g/mol. The highest BCUT2D eigenvalue weighted by molar-refractivity contribution is 5.46. The smallest absolute Gasteiger partial charge is 0.126 e. The van der Waals surface area contributed by atoms with Gasteiger partial charge in [-0.2, -0.15) is 0 Å². The van der Waals surface area contributed by atoms with Crippen LogP contribution in [0, 0.1) is 13.8 Å². The van der Waals surface area contributed by atoms with Gasteiger partial charge in [0.2, 0.25) is 0 Å². The lowest BCUT2D eigenvalue weighted by Crippen LogP contribution is -2.23. The van der Waals surface area contributed by atoms with E-state index in [1.807, 2.05) is 0 Å². The highest BCUT2D eigenvalue weighted by Crippen LogP contribution is 2.34. The van der Waals surface area contributed by atoms with Crippen LogP contribution >= 0.6 is 0 Å². The largest absolute Gasteiger partial charge is 0.496 e. The number of hydrogen-bond acceptors (Lipinski definition) is 3. The molecule has 118 valence electrons. The van der Waals surface area contributed by atoms with Crippen molar-refractivity contribution < 1.29 is 9.47 Å². The number of nitrogens with one attached hydrogen (secondary N) is 1.